The summed E-state index contributed by atoms with van der Waals surface area (Å²) in [6.45, 7) is 2.06. The first-order valence-electron chi connectivity index (χ1n) is 2.90. The van der Waals surface area contributed by atoms with Crippen molar-refractivity contribution in [2.45, 2.75) is 11.3 Å². The molecule has 1 heterocycles. The van der Waals surface area contributed by atoms with Gasteiger partial charge in [0.05, 0.1) is 0 Å². The fourth-order valence-corrected chi connectivity index (χ4v) is 2.19. The first-order valence-corrected chi connectivity index (χ1v) is 4.77. The van der Waals surface area contributed by atoms with Crippen LogP contribution in [0.15, 0.2) is 9.72 Å². The Balaban J connectivity index is 2.68. The van der Waals surface area contributed by atoms with Crippen molar-refractivity contribution in [3.63, 3.8) is 0 Å². The molecule has 0 spiro atoms. The second kappa shape index (κ2) is 3.73. The highest BCUT2D eigenvalue weighted by Gasteiger charge is 1.98. The minimum Gasteiger partial charge on any atom is -0.296 e. The normalized spacial score (nSPS) is 9.70. The highest BCUT2D eigenvalue weighted by Crippen LogP contribution is 2.20. The third kappa shape index (κ3) is 1.82. The lowest BCUT2D eigenvalue weighted by Gasteiger charge is -1.85. The van der Waals surface area contributed by atoms with E-state index in [0.717, 1.165) is 16.4 Å². The molecular weight excluding hydrogens is 166 g/mol. The Bertz CT molecular complexity index is 221. The van der Waals surface area contributed by atoms with Crippen LogP contribution in [-0.2, 0) is 0 Å². The van der Waals surface area contributed by atoms with Gasteiger partial charge in [-0.1, -0.05) is 18.7 Å². The molecule has 0 saturated heterocycles. The lowest BCUT2D eigenvalue weighted by Crippen LogP contribution is -1.77. The maximum atomic E-state index is 10.2. The Labute approximate surface area is 67.7 Å². The molecule has 0 radical (unpaired) electrons. The van der Waals surface area contributed by atoms with Gasteiger partial charge in [0.15, 0.2) is 10.6 Å². The molecule has 1 aromatic heterocycles. The largest absolute Gasteiger partial charge is 0.296 e. The van der Waals surface area contributed by atoms with Crippen molar-refractivity contribution in [3.8, 4) is 0 Å². The van der Waals surface area contributed by atoms with Crippen molar-refractivity contribution >= 4 is 29.4 Å². The summed E-state index contributed by atoms with van der Waals surface area (Å²) in [6.07, 6.45) is 0.774. The van der Waals surface area contributed by atoms with Crippen LogP contribution in [0.5, 0.6) is 0 Å². The molecule has 0 bridgehead atoms. The zero-order valence-corrected chi connectivity index (χ0v) is 7.17. The summed E-state index contributed by atoms with van der Waals surface area (Å²) in [7, 11) is 0. The van der Waals surface area contributed by atoms with Gasteiger partial charge < -0.3 is 0 Å². The summed E-state index contributed by atoms with van der Waals surface area (Å²) in [5.74, 6) is 1.01. The molecule has 0 unspecified atom stereocenters. The number of thioether (sulfide) groups is 1. The monoisotopic (exact) mass is 173 g/mol. The third-order valence-corrected chi connectivity index (χ3v) is 2.81. The topological polar surface area (TPSA) is 30.0 Å². The third-order valence-electron chi connectivity index (χ3n) is 0.889. The smallest absolute Gasteiger partial charge is 0.169 e. The van der Waals surface area contributed by atoms with Crippen molar-refractivity contribution in [2.75, 3.05) is 5.75 Å². The molecule has 1 aromatic rings. The summed E-state index contributed by atoms with van der Waals surface area (Å²) in [5.41, 5.74) is 0.543. The van der Waals surface area contributed by atoms with Gasteiger partial charge in [-0.25, -0.2) is 4.98 Å². The number of carbonyl (C=O) groups excluding carboxylic acids is 1. The molecule has 0 saturated carbocycles. The number of hydrogen-bond acceptors (Lipinski definition) is 4. The molecule has 0 amide bonds. The molecule has 1 rings (SSSR count). The van der Waals surface area contributed by atoms with Crippen LogP contribution in [0.3, 0.4) is 0 Å². The molecule has 0 aliphatic heterocycles. The zero-order chi connectivity index (χ0) is 7.40. The minimum absolute atomic E-state index is 0.543. The fraction of sp³-hybridized carbons (Fsp3) is 0.333. The van der Waals surface area contributed by atoms with Gasteiger partial charge in [0.1, 0.15) is 5.69 Å². The molecule has 0 fully saturated rings. The van der Waals surface area contributed by atoms with Gasteiger partial charge >= 0.3 is 0 Å². The number of aldehydes is 1. The molecule has 0 atom stereocenters. The van der Waals surface area contributed by atoms with E-state index in [2.05, 4.69) is 11.9 Å². The van der Waals surface area contributed by atoms with Crippen molar-refractivity contribution in [1.29, 1.82) is 0 Å². The van der Waals surface area contributed by atoms with Crippen LogP contribution in [0.25, 0.3) is 0 Å². The van der Waals surface area contributed by atoms with Crippen LogP contribution in [-0.4, -0.2) is 17.0 Å². The first kappa shape index (κ1) is 7.75. The van der Waals surface area contributed by atoms with Gasteiger partial charge in [-0.15, -0.1) is 11.3 Å². The van der Waals surface area contributed by atoms with Gasteiger partial charge in [-0.2, -0.15) is 0 Å². The van der Waals surface area contributed by atoms with E-state index < -0.39 is 0 Å². The maximum absolute atomic E-state index is 10.2. The van der Waals surface area contributed by atoms with Gasteiger partial charge in [0.2, 0.25) is 0 Å². The summed E-state index contributed by atoms with van der Waals surface area (Å²) < 4.78 is 0.976. The van der Waals surface area contributed by atoms with Crippen molar-refractivity contribution in [1.82, 2.24) is 4.98 Å². The molecule has 4 heteroatoms. The number of carbonyl (C=O) groups is 1. The number of thiazole rings is 1. The van der Waals surface area contributed by atoms with Gasteiger partial charge in [-0.3, -0.25) is 4.79 Å². The summed E-state index contributed by atoms with van der Waals surface area (Å²) in [5, 5.41) is 1.77. The van der Waals surface area contributed by atoms with E-state index in [1.54, 1.807) is 17.1 Å². The summed E-state index contributed by atoms with van der Waals surface area (Å²) >= 11 is 3.18. The Hall–Kier alpha value is -0.350. The molecule has 0 N–H and O–H groups in total. The Morgan fingerprint density at radius 3 is 3.20 bits per heavy atom. The lowest BCUT2D eigenvalue weighted by molar-refractivity contribution is 0.111. The average Bonchev–Trinajstić information content (AvgIpc) is 2.37. The predicted octanol–water partition coefficient (Wildman–Crippen LogP) is 2.07. The van der Waals surface area contributed by atoms with Crippen LogP contribution in [0, 0.1) is 0 Å². The first-order chi connectivity index (χ1) is 4.86. The molecule has 0 aliphatic rings. The molecular formula is C6H7NOS2. The van der Waals surface area contributed by atoms with Crippen LogP contribution < -0.4 is 0 Å². The zero-order valence-electron chi connectivity index (χ0n) is 5.53. The van der Waals surface area contributed by atoms with Gasteiger partial charge in [0.25, 0.3) is 0 Å². The van der Waals surface area contributed by atoms with Crippen LogP contribution >= 0.6 is 23.1 Å². The molecule has 2 nitrogen and oxygen atoms in total. The Morgan fingerprint density at radius 1 is 1.90 bits per heavy atom. The van der Waals surface area contributed by atoms with E-state index >= 15 is 0 Å². The predicted molar refractivity (Wildman–Crippen MR) is 43.9 cm³/mol. The quantitative estimate of drug-likeness (QED) is 0.517. The summed E-state index contributed by atoms with van der Waals surface area (Å²) in [4.78, 5) is 14.2. The minimum atomic E-state index is 0.543. The highest BCUT2D eigenvalue weighted by atomic mass is 32.2. The van der Waals surface area contributed by atoms with E-state index in [1.165, 1.54) is 11.3 Å². The standard InChI is InChI=1S/C6H7NOS2/c1-2-9-6-7-5(3-8)4-10-6/h3-4H,2H2,1H3. The van der Waals surface area contributed by atoms with Gasteiger partial charge in [0, 0.05) is 5.38 Å². The number of aromatic nitrogens is 1. The van der Waals surface area contributed by atoms with Crippen LogP contribution in [0.2, 0.25) is 0 Å². The second-order valence-electron chi connectivity index (χ2n) is 1.59. The summed E-state index contributed by atoms with van der Waals surface area (Å²) in [6, 6.07) is 0. The van der Waals surface area contributed by atoms with Crippen molar-refractivity contribution in [2.24, 2.45) is 0 Å². The van der Waals surface area contributed by atoms with Gasteiger partial charge in [-0.05, 0) is 5.75 Å². The van der Waals surface area contributed by atoms with Crippen LogP contribution in [0.4, 0.5) is 0 Å². The van der Waals surface area contributed by atoms with Crippen LogP contribution in [0.1, 0.15) is 17.4 Å². The van der Waals surface area contributed by atoms with Crippen molar-refractivity contribution < 1.29 is 4.79 Å². The van der Waals surface area contributed by atoms with E-state index in [-0.39, 0.29) is 0 Å². The highest BCUT2D eigenvalue weighted by molar-refractivity contribution is 8.00. The SMILES string of the molecule is CCSc1nc(C=O)cs1. The van der Waals surface area contributed by atoms with Crippen molar-refractivity contribution in [3.05, 3.63) is 11.1 Å². The number of rotatable bonds is 3. The average molecular weight is 173 g/mol. The molecule has 0 aliphatic carbocycles. The Kier molecular flexibility index (Phi) is 2.89. The fourth-order valence-electron chi connectivity index (χ4n) is 0.513. The molecule has 10 heavy (non-hydrogen) atoms. The lowest BCUT2D eigenvalue weighted by atomic mass is 10.6. The Morgan fingerprint density at radius 2 is 2.70 bits per heavy atom. The molecule has 54 valence electrons. The maximum Gasteiger partial charge on any atom is 0.169 e. The number of hydrogen-bond donors (Lipinski definition) is 0. The second-order valence-corrected chi connectivity index (χ2v) is 3.96. The van der Waals surface area contributed by atoms with E-state index in [0.29, 0.717) is 5.69 Å². The number of nitrogens with zero attached hydrogens (tertiary/aromatic N) is 1. The van der Waals surface area contributed by atoms with E-state index in [4.69, 9.17) is 0 Å². The van der Waals surface area contributed by atoms with E-state index in [9.17, 15) is 4.79 Å². The molecule has 0 aromatic carbocycles. The van der Waals surface area contributed by atoms with E-state index in [1.807, 2.05) is 0 Å².